The topological polar surface area (TPSA) is 64.3 Å². The number of hydrogen-bond acceptors (Lipinski definition) is 5. The zero-order chi connectivity index (χ0) is 17.3. The van der Waals surface area contributed by atoms with Crippen LogP contribution in [0.2, 0.25) is 0 Å². The molecular formula is C19H19N5OS. The van der Waals surface area contributed by atoms with Crippen LogP contribution in [0.3, 0.4) is 0 Å². The summed E-state index contributed by atoms with van der Waals surface area (Å²) in [6, 6.07) is 10.3. The Morgan fingerprint density at radius 3 is 2.96 bits per heavy atom. The van der Waals surface area contributed by atoms with Gasteiger partial charge in [-0.2, -0.15) is 5.10 Å². The number of hydrogen-bond donors (Lipinski definition) is 2. The third kappa shape index (κ3) is 1.83. The number of thiophene rings is 1. The zero-order valence-electron chi connectivity index (χ0n) is 14.2. The van der Waals surface area contributed by atoms with E-state index in [9.17, 15) is 4.79 Å². The van der Waals surface area contributed by atoms with Gasteiger partial charge in [-0.1, -0.05) is 12.1 Å². The molecule has 3 fully saturated rings. The number of H-pyrrole nitrogens is 1. The molecule has 0 saturated carbocycles. The standard InChI is InChI=1S/C19H19N5OS/c25-17(24-8-7-23-6-5-19(23)11-20-18(19)24)16-13-4-3-12(10-14(13)21-22-16)15-2-1-9-26-15/h1-4,9-10,18,20H,5-8,11H2,(H,21,22). The number of carbonyl (C=O) groups is 1. The van der Waals surface area contributed by atoms with Gasteiger partial charge in [0.05, 0.1) is 11.1 Å². The average molecular weight is 365 g/mol. The number of carbonyl (C=O) groups excluding carboxylic acids is 1. The van der Waals surface area contributed by atoms with Crippen LogP contribution in [-0.2, 0) is 0 Å². The number of aromatic amines is 1. The Hall–Kier alpha value is -2.22. The number of fused-ring (bicyclic) bond motifs is 1. The first-order chi connectivity index (χ1) is 12.8. The van der Waals surface area contributed by atoms with Crippen molar-refractivity contribution in [3.63, 3.8) is 0 Å². The molecule has 1 amide bonds. The Bertz CT molecular complexity index is 1010. The Kier molecular flexibility index (Phi) is 2.95. The number of rotatable bonds is 2. The van der Waals surface area contributed by atoms with E-state index < -0.39 is 0 Å². The lowest BCUT2D eigenvalue weighted by atomic mass is 9.73. The van der Waals surface area contributed by atoms with Gasteiger partial charge in [-0.05, 0) is 35.6 Å². The van der Waals surface area contributed by atoms with Crippen molar-refractivity contribution >= 4 is 28.1 Å². The zero-order valence-corrected chi connectivity index (χ0v) is 15.1. The Morgan fingerprint density at radius 1 is 1.27 bits per heavy atom. The number of benzene rings is 1. The quantitative estimate of drug-likeness (QED) is 0.730. The lowest BCUT2D eigenvalue weighted by Crippen LogP contribution is -2.88. The van der Waals surface area contributed by atoms with Crippen LogP contribution in [0.1, 0.15) is 16.9 Å². The second-order valence-corrected chi connectivity index (χ2v) is 8.38. The number of aromatic nitrogens is 2. The fraction of sp³-hybridized carbons (Fsp3) is 0.368. The van der Waals surface area contributed by atoms with Gasteiger partial charge in [0.1, 0.15) is 6.17 Å². The van der Waals surface area contributed by atoms with E-state index in [-0.39, 0.29) is 17.6 Å². The molecule has 0 bridgehead atoms. The van der Waals surface area contributed by atoms with Gasteiger partial charge in [0.15, 0.2) is 5.69 Å². The first-order valence-corrected chi connectivity index (χ1v) is 9.96. The van der Waals surface area contributed by atoms with Gasteiger partial charge in [-0.3, -0.25) is 20.1 Å². The number of piperazine rings is 1. The molecule has 6 rings (SSSR count). The van der Waals surface area contributed by atoms with Crippen molar-refractivity contribution in [2.24, 2.45) is 0 Å². The van der Waals surface area contributed by atoms with Crippen molar-refractivity contribution < 1.29 is 4.79 Å². The molecule has 132 valence electrons. The molecule has 6 nitrogen and oxygen atoms in total. The minimum absolute atomic E-state index is 0.0308. The van der Waals surface area contributed by atoms with E-state index in [1.807, 2.05) is 17.0 Å². The lowest BCUT2D eigenvalue weighted by molar-refractivity contribution is -0.164. The molecule has 3 aliphatic heterocycles. The minimum Gasteiger partial charge on any atom is -0.318 e. The van der Waals surface area contributed by atoms with Gasteiger partial charge < -0.3 is 4.90 Å². The van der Waals surface area contributed by atoms with Gasteiger partial charge in [0.2, 0.25) is 0 Å². The van der Waals surface area contributed by atoms with Crippen molar-refractivity contribution in [3.05, 3.63) is 41.4 Å². The summed E-state index contributed by atoms with van der Waals surface area (Å²) >= 11 is 1.71. The van der Waals surface area contributed by atoms with Crippen molar-refractivity contribution in [1.29, 1.82) is 0 Å². The molecular weight excluding hydrogens is 346 g/mol. The fourth-order valence-electron chi connectivity index (χ4n) is 4.72. The highest BCUT2D eigenvalue weighted by molar-refractivity contribution is 7.13. The summed E-state index contributed by atoms with van der Waals surface area (Å²) in [5.74, 6) is 0.0308. The predicted octanol–water partition coefficient (Wildman–Crippen LogP) is 2.12. The summed E-state index contributed by atoms with van der Waals surface area (Å²) in [7, 11) is 0. The number of amides is 1. The molecule has 1 aromatic carbocycles. The molecule has 3 aromatic rings. The van der Waals surface area contributed by atoms with Crippen LogP contribution in [-0.4, -0.2) is 63.8 Å². The average Bonchev–Trinajstić information content (AvgIpc) is 3.26. The highest BCUT2D eigenvalue weighted by Crippen LogP contribution is 2.43. The molecule has 3 aliphatic rings. The van der Waals surface area contributed by atoms with Crippen molar-refractivity contribution in [2.75, 3.05) is 26.2 Å². The maximum atomic E-state index is 13.2. The summed E-state index contributed by atoms with van der Waals surface area (Å²) in [5, 5.41) is 13.9. The monoisotopic (exact) mass is 365 g/mol. The Balaban J connectivity index is 1.35. The number of nitrogens with one attached hydrogen (secondary N) is 2. The van der Waals surface area contributed by atoms with Crippen molar-refractivity contribution in [1.82, 2.24) is 25.3 Å². The smallest absolute Gasteiger partial charge is 0.276 e. The van der Waals surface area contributed by atoms with Crippen molar-refractivity contribution in [2.45, 2.75) is 18.1 Å². The van der Waals surface area contributed by atoms with E-state index in [2.05, 4.69) is 44.0 Å². The highest BCUT2D eigenvalue weighted by atomic mass is 32.1. The third-order valence-corrected chi connectivity index (χ3v) is 7.23. The van der Waals surface area contributed by atoms with E-state index in [1.54, 1.807) is 11.3 Å². The predicted molar refractivity (Wildman–Crippen MR) is 101 cm³/mol. The second kappa shape index (κ2) is 5.16. The molecule has 5 heterocycles. The maximum Gasteiger partial charge on any atom is 0.276 e. The maximum absolute atomic E-state index is 13.2. The van der Waals surface area contributed by atoms with E-state index in [4.69, 9.17) is 0 Å². The molecule has 2 unspecified atom stereocenters. The largest absolute Gasteiger partial charge is 0.318 e. The molecule has 0 radical (unpaired) electrons. The van der Waals surface area contributed by atoms with E-state index in [0.717, 1.165) is 42.6 Å². The molecule has 7 heteroatoms. The highest BCUT2D eigenvalue weighted by Gasteiger charge is 2.61. The summed E-state index contributed by atoms with van der Waals surface area (Å²) in [6.07, 6.45) is 1.31. The fourth-order valence-corrected chi connectivity index (χ4v) is 5.45. The van der Waals surface area contributed by atoms with Crippen LogP contribution in [0.25, 0.3) is 21.3 Å². The number of nitrogens with zero attached hydrogens (tertiary/aromatic N) is 3. The summed E-state index contributed by atoms with van der Waals surface area (Å²) in [5.41, 5.74) is 2.79. The first kappa shape index (κ1) is 14.9. The molecule has 2 aromatic heterocycles. The minimum atomic E-state index is 0.0308. The van der Waals surface area contributed by atoms with Gasteiger partial charge >= 0.3 is 0 Å². The van der Waals surface area contributed by atoms with E-state index in [0.29, 0.717) is 5.69 Å². The van der Waals surface area contributed by atoms with Gasteiger partial charge in [0, 0.05) is 36.4 Å². The van der Waals surface area contributed by atoms with Gasteiger partial charge in [-0.15, -0.1) is 11.3 Å². The Morgan fingerprint density at radius 2 is 2.23 bits per heavy atom. The van der Waals surface area contributed by atoms with Crippen LogP contribution in [0.5, 0.6) is 0 Å². The van der Waals surface area contributed by atoms with Gasteiger partial charge in [0.25, 0.3) is 5.91 Å². The SMILES string of the molecule is O=C(c1n[nH]c2cc(-c3cccs3)ccc12)N1CCN2CCC23CNC13. The van der Waals surface area contributed by atoms with Crippen LogP contribution >= 0.6 is 11.3 Å². The third-order valence-electron chi connectivity index (χ3n) is 6.31. The molecule has 0 aliphatic carbocycles. The van der Waals surface area contributed by atoms with Crippen LogP contribution in [0.15, 0.2) is 35.7 Å². The van der Waals surface area contributed by atoms with E-state index >= 15 is 0 Å². The Labute approximate surface area is 154 Å². The normalized spacial score (nSPS) is 27.5. The van der Waals surface area contributed by atoms with E-state index in [1.165, 1.54) is 11.3 Å². The van der Waals surface area contributed by atoms with Crippen LogP contribution < -0.4 is 5.32 Å². The second-order valence-electron chi connectivity index (χ2n) is 7.43. The molecule has 2 atom stereocenters. The molecule has 26 heavy (non-hydrogen) atoms. The summed E-state index contributed by atoms with van der Waals surface area (Å²) in [6.45, 7) is 3.89. The molecule has 1 spiro atoms. The summed E-state index contributed by atoms with van der Waals surface area (Å²) in [4.78, 5) is 19.0. The first-order valence-electron chi connectivity index (χ1n) is 9.08. The van der Waals surface area contributed by atoms with Crippen LogP contribution in [0, 0.1) is 0 Å². The lowest BCUT2D eigenvalue weighted by Gasteiger charge is -2.68. The van der Waals surface area contributed by atoms with Crippen LogP contribution in [0.4, 0.5) is 0 Å². The van der Waals surface area contributed by atoms with Crippen molar-refractivity contribution in [3.8, 4) is 10.4 Å². The summed E-state index contributed by atoms with van der Waals surface area (Å²) < 4.78 is 0. The molecule has 3 saturated heterocycles. The molecule has 2 N–H and O–H groups in total. The van der Waals surface area contributed by atoms with Gasteiger partial charge in [-0.25, -0.2) is 0 Å².